The van der Waals surface area contributed by atoms with Gasteiger partial charge in [0.05, 0.1) is 19.6 Å². The van der Waals surface area contributed by atoms with Gasteiger partial charge >= 0.3 is 0 Å². The van der Waals surface area contributed by atoms with E-state index in [1.54, 1.807) is 0 Å². The van der Waals surface area contributed by atoms with Crippen LogP contribution < -0.4 is 0 Å². The molecule has 0 aliphatic carbocycles. The molecule has 0 radical (unpaired) electrons. The lowest BCUT2D eigenvalue weighted by molar-refractivity contribution is -0.132. The topological polar surface area (TPSA) is 29.5 Å². The van der Waals surface area contributed by atoms with E-state index in [-0.39, 0.29) is 5.91 Å². The highest BCUT2D eigenvalue weighted by atomic mass is 16.5. The Morgan fingerprint density at radius 3 is 2.38 bits per heavy atom. The molecule has 1 unspecified atom stereocenters. The Balaban J connectivity index is 1.44. The van der Waals surface area contributed by atoms with Crippen LogP contribution in [0, 0.1) is 5.92 Å². The molecule has 0 aromatic heterocycles. The second kappa shape index (κ2) is 8.65. The first-order chi connectivity index (χ1) is 11.8. The summed E-state index contributed by atoms with van der Waals surface area (Å²) in [4.78, 5) is 14.5. The summed E-state index contributed by atoms with van der Waals surface area (Å²) in [7, 11) is 0. The number of benzene rings is 2. The maximum absolute atomic E-state index is 12.5. The molecule has 1 amide bonds. The third-order valence-corrected chi connectivity index (χ3v) is 4.53. The largest absolute Gasteiger partial charge is 0.376 e. The predicted molar refractivity (Wildman–Crippen MR) is 95.5 cm³/mol. The van der Waals surface area contributed by atoms with Crippen molar-refractivity contribution in [1.29, 1.82) is 0 Å². The van der Waals surface area contributed by atoms with Crippen molar-refractivity contribution in [2.45, 2.75) is 25.9 Å². The minimum Gasteiger partial charge on any atom is -0.376 e. The van der Waals surface area contributed by atoms with Crippen LogP contribution in [0.5, 0.6) is 0 Å². The quantitative estimate of drug-likeness (QED) is 0.811. The molecule has 1 aliphatic heterocycles. The highest BCUT2D eigenvalue weighted by Gasteiger charge is 2.23. The maximum atomic E-state index is 12.5. The zero-order valence-corrected chi connectivity index (χ0v) is 14.1. The van der Waals surface area contributed by atoms with Gasteiger partial charge in [-0.3, -0.25) is 4.79 Å². The van der Waals surface area contributed by atoms with Gasteiger partial charge in [-0.25, -0.2) is 0 Å². The summed E-state index contributed by atoms with van der Waals surface area (Å²) in [6.45, 7) is 3.07. The van der Waals surface area contributed by atoms with Crippen LogP contribution in [0.3, 0.4) is 0 Å². The van der Waals surface area contributed by atoms with Gasteiger partial charge in [-0.1, -0.05) is 60.7 Å². The molecular formula is C21H25NO2. The van der Waals surface area contributed by atoms with Crippen LogP contribution >= 0.6 is 0 Å². The minimum atomic E-state index is 0.231. The summed E-state index contributed by atoms with van der Waals surface area (Å²) in [5.74, 6) is 0.677. The minimum absolute atomic E-state index is 0.231. The number of amides is 1. The van der Waals surface area contributed by atoms with Gasteiger partial charge in [0.25, 0.3) is 0 Å². The number of ether oxygens (including phenoxy) is 1. The van der Waals surface area contributed by atoms with Crippen molar-refractivity contribution < 1.29 is 9.53 Å². The summed E-state index contributed by atoms with van der Waals surface area (Å²) in [6.07, 6.45) is 2.71. The average molecular weight is 323 g/mol. The van der Waals surface area contributed by atoms with Crippen LogP contribution in [0.4, 0.5) is 0 Å². The van der Waals surface area contributed by atoms with Gasteiger partial charge in [-0.2, -0.15) is 0 Å². The van der Waals surface area contributed by atoms with E-state index in [2.05, 4.69) is 12.1 Å². The number of hydrogen-bond donors (Lipinski definition) is 0. The molecular weight excluding hydrogens is 298 g/mol. The standard InChI is InChI=1S/C21H25NO2/c23-21(14-18-8-3-1-4-9-18)22-13-7-12-20(15-22)17-24-16-19-10-5-2-6-11-19/h1-6,8-11,20H,7,12-17H2. The summed E-state index contributed by atoms with van der Waals surface area (Å²) in [5, 5.41) is 0. The van der Waals surface area contributed by atoms with Crippen LogP contribution in [0.2, 0.25) is 0 Å². The maximum Gasteiger partial charge on any atom is 0.226 e. The van der Waals surface area contributed by atoms with Gasteiger partial charge in [0.15, 0.2) is 0 Å². The zero-order chi connectivity index (χ0) is 16.6. The van der Waals surface area contributed by atoms with E-state index < -0.39 is 0 Å². The summed E-state index contributed by atoms with van der Waals surface area (Å²) >= 11 is 0. The van der Waals surface area contributed by atoms with E-state index in [9.17, 15) is 4.79 Å². The van der Waals surface area contributed by atoms with Gasteiger partial charge in [-0.15, -0.1) is 0 Å². The van der Waals surface area contributed by atoms with Crippen LogP contribution in [0.15, 0.2) is 60.7 Å². The Morgan fingerprint density at radius 2 is 1.67 bits per heavy atom. The molecule has 0 saturated carbocycles. The number of hydrogen-bond acceptors (Lipinski definition) is 2. The lowest BCUT2D eigenvalue weighted by atomic mass is 9.98. The summed E-state index contributed by atoms with van der Waals surface area (Å²) < 4.78 is 5.87. The Morgan fingerprint density at radius 1 is 1.00 bits per heavy atom. The Bertz CT molecular complexity index is 627. The van der Waals surface area contributed by atoms with E-state index >= 15 is 0 Å². The number of rotatable bonds is 6. The molecule has 3 nitrogen and oxygen atoms in total. The summed E-state index contributed by atoms with van der Waals surface area (Å²) in [5.41, 5.74) is 2.29. The van der Waals surface area contributed by atoms with E-state index in [4.69, 9.17) is 4.74 Å². The molecule has 24 heavy (non-hydrogen) atoms. The molecule has 0 bridgehead atoms. The molecule has 3 heteroatoms. The number of piperidine rings is 1. The van der Waals surface area contributed by atoms with Crippen molar-refractivity contribution in [1.82, 2.24) is 4.90 Å². The first kappa shape index (κ1) is 16.7. The van der Waals surface area contributed by atoms with Crippen molar-refractivity contribution in [2.75, 3.05) is 19.7 Å². The third-order valence-electron chi connectivity index (χ3n) is 4.53. The number of carbonyl (C=O) groups excluding carboxylic acids is 1. The van der Waals surface area contributed by atoms with Crippen LogP contribution in [-0.4, -0.2) is 30.5 Å². The Kier molecular flexibility index (Phi) is 6.02. The smallest absolute Gasteiger partial charge is 0.226 e. The molecule has 1 fully saturated rings. The fourth-order valence-electron chi connectivity index (χ4n) is 3.23. The molecule has 1 atom stereocenters. The Labute approximate surface area is 144 Å². The molecule has 0 N–H and O–H groups in total. The fourth-order valence-corrected chi connectivity index (χ4v) is 3.23. The van der Waals surface area contributed by atoms with Gasteiger partial charge in [0.2, 0.25) is 5.91 Å². The lowest BCUT2D eigenvalue weighted by Gasteiger charge is -2.32. The van der Waals surface area contributed by atoms with Crippen LogP contribution in [0.1, 0.15) is 24.0 Å². The zero-order valence-electron chi connectivity index (χ0n) is 14.1. The molecule has 1 aliphatic rings. The number of nitrogens with zero attached hydrogens (tertiary/aromatic N) is 1. The second-order valence-corrected chi connectivity index (χ2v) is 6.51. The van der Waals surface area contributed by atoms with Gasteiger partial charge < -0.3 is 9.64 Å². The fraction of sp³-hybridized carbons (Fsp3) is 0.381. The monoisotopic (exact) mass is 323 g/mol. The third kappa shape index (κ3) is 4.93. The van der Waals surface area contributed by atoms with Crippen molar-refractivity contribution in [2.24, 2.45) is 5.92 Å². The molecule has 1 heterocycles. The van der Waals surface area contributed by atoms with E-state index in [1.807, 2.05) is 53.4 Å². The first-order valence-corrected chi connectivity index (χ1v) is 8.74. The molecule has 1 saturated heterocycles. The molecule has 2 aromatic rings. The SMILES string of the molecule is O=C(Cc1ccccc1)N1CCCC(COCc2ccccc2)C1. The number of likely N-dealkylation sites (tertiary alicyclic amines) is 1. The molecule has 126 valence electrons. The molecule has 0 spiro atoms. The normalized spacial score (nSPS) is 17.7. The van der Waals surface area contributed by atoms with Crippen molar-refractivity contribution in [3.8, 4) is 0 Å². The van der Waals surface area contributed by atoms with E-state index in [0.29, 0.717) is 18.9 Å². The van der Waals surface area contributed by atoms with Crippen molar-refractivity contribution in [3.63, 3.8) is 0 Å². The van der Waals surface area contributed by atoms with E-state index in [1.165, 1.54) is 5.56 Å². The predicted octanol–water partition coefficient (Wildman–Crippen LogP) is 3.68. The van der Waals surface area contributed by atoms with Crippen LogP contribution in [-0.2, 0) is 22.6 Å². The Hall–Kier alpha value is -2.13. The molecule has 3 rings (SSSR count). The van der Waals surface area contributed by atoms with Gasteiger partial charge in [-0.05, 0) is 29.9 Å². The first-order valence-electron chi connectivity index (χ1n) is 8.74. The van der Waals surface area contributed by atoms with Gasteiger partial charge in [0, 0.05) is 13.1 Å². The average Bonchev–Trinajstić information content (AvgIpc) is 2.64. The molecule has 2 aromatic carbocycles. The van der Waals surface area contributed by atoms with Gasteiger partial charge in [0.1, 0.15) is 0 Å². The highest BCUT2D eigenvalue weighted by molar-refractivity contribution is 5.78. The lowest BCUT2D eigenvalue weighted by Crippen LogP contribution is -2.41. The van der Waals surface area contributed by atoms with Crippen molar-refractivity contribution >= 4 is 5.91 Å². The van der Waals surface area contributed by atoms with Crippen LogP contribution in [0.25, 0.3) is 0 Å². The number of carbonyl (C=O) groups is 1. The van der Waals surface area contributed by atoms with E-state index in [0.717, 1.165) is 38.1 Å². The summed E-state index contributed by atoms with van der Waals surface area (Å²) in [6, 6.07) is 20.2. The second-order valence-electron chi connectivity index (χ2n) is 6.51. The highest BCUT2D eigenvalue weighted by Crippen LogP contribution is 2.18. The van der Waals surface area contributed by atoms with Crippen molar-refractivity contribution in [3.05, 3.63) is 71.8 Å².